The maximum Gasteiger partial charge on any atom is 0.338 e. The van der Waals surface area contributed by atoms with Crippen molar-refractivity contribution in [3.05, 3.63) is 62.5 Å². The molecule has 2 fully saturated rings. The van der Waals surface area contributed by atoms with Crippen LogP contribution in [0.2, 0.25) is 5.02 Å². The Bertz CT molecular complexity index is 1350. The van der Waals surface area contributed by atoms with Gasteiger partial charge in [0.05, 0.1) is 26.3 Å². The summed E-state index contributed by atoms with van der Waals surface area (Å²) in [5, 5.41) is 8.44. The number of carbonyl (C=O) groups excluding carboxylic acids is 3. The van der Waals surface area contributed by atoms with E-state index in [0.717, 1.165) is 6.07 Å². The van der Waals surface area contributed by atoms with Gasteiger partial charge in [0, 0.05) is 54.0 Å². The zero-order valence-corrected chi connectivity index (χ0v) is 22.1. The first-order valence-electron chi connectivity index (χ1n) is 11.6. The van der Waals surface area contributed by atoms with Crippen LogP contribution in [0.25, 0.3) is 0 Å². The van der Waals surface area contributed by atoms with Crippen LogP contribution in [0.5, 0.6) is 0 Å². The van der Waals surface area contributed by atoms with Gasteiger partial charge in [-0.3, -0.25) is 9.89 Å². The highest BCUT2D eigenvalue weighted by atomic mass is 35.5. The minimum atomic E-state index is -1.20. The highest BCUT2D eigenvalue weighted by Crippen LogP contribution is 2.37. The van der Waals surface area contributed by atoms with Crippen LogP contribution >= 0.6 is 22.9 Å². The summed E-state index contributed by atoms with van der Waals surface area (Å²) in [7, 11) is 2.54. The topological polar surface area (TPSA) is 125 Å². The number of nitrogens with zero attached hydrogens (tertiary/aromatic N) is 4. The van der Waals surface area contributed by atoms with Crippen LogP contribution in [0.4, 0.5) is 9.18 Å². The number of urea groups is 1. The van der Waals surface area contributed by atoms with Crippen molar-refractivity contribution < 1.29 is 28.2 Å². The first kappa shape index (κ1) is 26.1. The van der Waals surface area contributed by atoms with Gasteiger partial charge in [0.15, 0.2) is 16.4 Å². The van der Waals surface area contributed by atoms with Crippen LogP contribution < -0.4 is 10.6 Å². The molecule has 2 saturated heterocycles. The molecule has 38 heavy (non-hydrogen) atoms. The van der Waals surface area contributed by atoms with E-state index < -0.39 is 29.3 Å². The first-order chi connectivity index (χ1) is 18.3. The average molecular weight is 563 g/mol. The molecule has 0 saturated carbocycles. The number of carbonyl (C=O) groups is 3. The number of methoxy groups -OCH3 is 2. The van der Waals surface area contributed by atoms with Crippen molar-refractivity contribution in [2.75, 3.05) is 46.9 Å². The average Bonchev–Trinajstić information content (AvgIpc) is 3.56. The monoisotopic (exact) mass is 562 g/mol. The molecule has 0 aliphatic carbocycles. The number of nitrogens with one attached hydrogen (secondary N) is 2. The number of ether oxygens (including phenoxy) is 2. The molecule has 200 valence electrons. The van der Waals surface area contributed by atoms with E-state index >= 15 is 0 Å². The lowest BCUT2D eigenvalue weighted by Crippen LogP contribution is -2.66. The van der Waals surface area contributed by atoms with Crippen molar-refractivity contribution in [3.8, 4) is 0 Å². The quantitative estimate of drug-likeness (QED) is 0.510. The minimum absolute atomic E-state index is 0.102. The van der Waals surface area contributed by atoms with Gasteiger partial charge in [-0.25, -0.2) is 23.8 Å². The number of hydrogen-bond donors (Lipinski definition) is 2. The molecule has 14 heteroatoms. The number of amidine groups is 1. The van der Waals surface area contributed by atoms with Gasteiger partial charge in [-0.05, 0) is 12.1 Å². The number of thiazole rings is 1. The van der Waals surface area contributed by atoms with Gasteiger partial charge in [-0.2, -0.15) is 0 Å². The summed E-state index contributed by atoms with van der Waals surface area (Å²) in [6.07, 6.45) is 1.63. The van der Waals surface area contributed by atoms with E-state index in [0.29, 0.717) is 28.6 Å². The van der Waals surface area contributed by atoms with Gasteiger partial charge >= 0.3 is 18.0 Å². The molecule has 0 radical (unpaired) electrons. The second kappa shape index (κ2) is 10.3. The number of benzene rings is 1. The van der Waals surface area contributed by atoms with Crippen LogP contribution in [-0.4, -0.2) is 91.1 Å². The number of rotatable bonds is 6. The summed E-state index contributed by atoms with van der Waals surface area (Å²) in [5.41, 5.74) is -0.121. The summed E-state index contributed by atoms with van der Waals surface area (Å²) in [6, 6.07) is 2.66. The van der Waals surface area contributed by atoms with Crippen molar-refractivity contribution in [1.82, 2.24) is 25.4 Å². The van der Waals surface area contributed by atoms with E-state index in [9.17, 15) is 18.8 Å². The fourth-order valence-electron chi connectivity index (χ4n) is 5.02. The molecule has 1 aromatic heterocycles. The van der Waals surface area contributed by atoms with Crippen molar-refractivity contribution in [3.63, 3.8) is 0 Å². The van der Waals surface area contributed by atoms with Crippen LogP contribution in [0.3, 0.4) is 0 Å². The Morgan fingerprint density at radius 1 is 1.29 bits per heavy atom. The number of aromatic nitrogens is 1. The molecule has 11 nitrogen and oxygen atoms in total. The summed E-state index contributed by atoms with van der Waals surface area (Å²) in [6.45, 7) is 1.17. The van der Waals surface area contributed by atoms with Crippen molar-refractivity contribution in [2.24, 2.45) is 4.99 Å². The van der Waals surface area contributed by atoms with Gasteiger partial charge in [-0.15, -0.1) is 11.3 Å². The van der Waals surface area contributed by atoms with E-state index in [-0.39, 0.29) is 42.8 Å². The molecule has 2 N–H and O–H groups in total. The molecule has 2 amide bonds. The van der Waals surface area contributed by atoms with Crippen LogP contribution in [0, 0.1) is 5.82 Å². The fraction of sp³-hybridized carbons (Fsp3) is 0.375. The Morgan fingerprint density at radius 2 is 2.11 bits per heavy atom. The molecular formula is C24H24ClFN6O5S. The molecule has 0 bridgehead atoms. The Hall–Kier alpha value is -3.55. The predicted octanol–water partition coefficient (Wildman–Crippen LogP) is 1.71. The molecule has 0 spiro atoms. The maximum atomic E-state index is 13.9. The molecule has 2 aromatic rings. The lowest BCUT2D eigenvalue weighted by atomic mass is 9.93. The van der Waals surface area contributed by atoms with Gasteiger partial charge < -0.3 is 25.0 Å². The van der Waals surface area contributed by atoms with Crippen LogP contribution in [0.1, 0.15) is 16.6 Å². The Labute approximate surface area is 226 Å². The first-order valence-corrected chi connectivity index (χ1v) is 12.9. The SMILES string of the molecule is COC(=O)C1=C(CN2CCN3C(=O)NCC3(C(=O)OC)C2)NC(c2nccs2)=N[C@H]1c1ccc(F)cc1Cl. The highest BCUT2D eigenvalue weighted by Gasteiger charge is 2.55. The zero-order chi connectivity index (χ0) is 27.0. The minimum Gasteiger partial charge on any atom is -0.467 e. The fourth-order valence-corrected chi connectivity index (χ4v) is 5.88. The molecule has 3 aliphatic rings. The molecule has 2 atom stereocenters. The Morgan fingerprint density at radius 3 is 2.79 bits per heavy atom. The normalized spacial score (nSPS) is 23.4. The predicted molar refractivity (Wildman–Crippen MR) is 136 cm³/mol. The lowest BCUT2D eigenvalue weighted by molar-refractivity contribution is -0.155. The van der Waals surface area contributed by atoms with E-state index in [4.69, 9.17) is 26.1 Å². The second-order valence-electron chi connectivity index (χ2n) is 8.94. The number of amides is 2. The van der Waals surface area contributed by atoms with Crippen LogP contribution in [0.15, 0.2) is 46.0 Å². The third-order valence-corrected chi connectivity index (χ3v) is 7.90. The maximum absolute atomic E-state index is 13.9. The molecule has 3 aliphatic heterocycles. The van der Waals surface area contributed by atoms with Crippen molar-refractivity contribution in [1.29, 1.82) is 0 Å². The molecule has 4 heterocycles. The molecular weight excluding hydrogens is 539 g/mol. The number of hydrogen-bond acceptors (Lipinski definition) is 10. The molecule has 5 rings (SSSR count). The van der Waals surface area contributed by atoms with E-state index in [1.54, 1.807) is 11.6 Å². The van der Waals surface area contributed by atoms with Gasteiger partial charge in [0.25, 0.3) is 0 Å². The third kappa shape index (κ3) is 4.50. The number of fused-ring (bicyclic) bond motifs is 1. The van der Waals surface area contributed by atoms with E-state index in [1.807, 2.05) is 4.90 Å². The smallest absolute Gasteiger partial charge is 0.338 e. The van der Waals surface area contributed by atoms with E-state index in [1.165, 1.54) is 42.6 Å². The summed E-state index contributed by atoms with van der Waals surface area (Å²) < 4.78 is 24.0. The Balaban J connectivity index is 1.56. The standard InChI is InChI=1S/C24H24ClFN6O5S/c1-36-21(33)17-16(10-31-6-7-32-23(35)28-11-24(32,12-31)22(34)37-2)29-19(20-27-5-8-38-20)30-18(17)14-4-3-13(26)9-15(14)25/h3-5,8-9,18H,6-7,10-12H2,1-2H3,(H,28,35)(H,29,30)/t18-,24?/m0/s1. The molecule has 1 unspecified atom stereocenters. The number of aliphatic imine (C=N–C) groups is 1. The summed E-state index contributed by atoms with van der Waals surface area (Å²) >= 11 is 7.76. The largest absolute Gasteiger partial charge is 0.467 e. The van der Waals surface area contributed by atoms with E-state index in [2.05, 4.69) is 15.6 Å². The second-order valence-corrected chi connectivity index (χ2v) is 10.2. The van der Waals surface area contributed by atoms with Crippen LogP contribution in [-0.2, 0) is 19.1 Å². The number of halogens is 2. The lowest BCUT2D eigenvalue weighted by Gasteiger charge is -2.44. The number of esters is 2. The van der Waals surface area contributed by atoms with Crippen molar-refractivity contribution in [2.45, 2.75) is 11.6 Å². The summed E-state index contributed by atoms with van der Waals surface area (Å²) in [5.74, 6) is -1.28. The number of piperazine rings is 1. The van der Waals surface area contributed by atoms with Gasteiger partial charge in [0.2, 0.25) is 0 Å². The zero-order valence-electron chi connectivity index (χ0n) is 20.5. The van der Waals surface area contributed by atoms with Crippen molar-refractivity contribution >= 4 is 46.7 Å². The summed E-state index contributed by atoms with van der Waals surface area (Å²) in [4.78, 5) is 50.9. The van der Waals surface area contributed by atoms with Gasteiger partial charge in [0.1, 0.15) is 11.9 Å². The third-order valence-electron chi connectivity index (χ3n) is 6.79. The Kier molecular flexibility index (Phi) is 7.07. The van der Waals surface area contributed by atoms with Gasteiger partial charge in [-0.1, -0.05) is 17.7 Å². The highest BCUT2D eigenvalue weighted by molar-refractivity contribution is 7.11. The molecule has 1 aromatic carbocycles.